The van der Waals surface area contributed by atoms with E-state index < -0.39 is 29.3 Å². The van der Waals surface area contributed by atoms with Crippen LogP contribution >= 0.6 is 0 Å². The summed E-state index contributed by atoms with van der Waals surface area (Å²) in [7, 11) is 0. The molecule has 1 aromatic heterocycles. The monoisotopic (exact) mass is 404 g/mol. The molecule has 0 bridgehead atoms. The topological polar surface area (TPSA) is 50.2 Å². The maximum atomic E-state index is 14.2. The third kappa shape index (κ3) is 3.55. The third-order valence-corrected chi connectivity index (χ3v) is 4.83. The van der Waals surface area contributed by atoms with Crippen molar-refractivity contribution in [1.29, 1.82) is 0 Å². The normalized spacial score (nSPS) is 13.3. The number of aryl methyl sites for hydroxylation is 1. The molecule has 9 heteroatoms. The molecule has 5 nitrogen and oxygen atoms in total. The van der Waals surface area contributed by atoms with E-state index in [0.717, 1.165) is 18.2 Å². The van der Waals surface area contributed by atoms with Crippen LogP contribution in [0.1, 0.15) is 11.3 Å². The first-order valence-corrected chi connectivity index (χ1v) is 8.84. The molecule has 0 saturated heterocycles. The molecule has 0 fully saturated rings. The molecule has 0 radical (unpaired) electrons. The largest absolute Gasteiger partial charge is 0.331 e. The highest BCUT2D eigenvalue weighted by Gasteiger charge is 2.26. The lowest BCUT2D eigenvalue weighted by Gasteiger charge is -2.29. The van der Waals surface area contributed by atoms with Gasteiger partial charge in [0.1, 0.15) is 11.6 Å². The lowest BCUT2D eigenvalue weighted by Crippen LogP contribution is -2.40. The summed E-state index contributed by atoms with van der Waals surface area (Å²) in [5.74, 6) is -3.45. The molecule has 29 heavy (non-hydrogen) atoms. The van der Waals surface area contributed by atoms with Crippen molar-refractivity contribution in [3.63, 3.8) is 0 Å². The zero-order valence-corrected chi connectivity index (χ0v) is 15.3. The van der Waals surface area contributed by atoms with Gasteiger partial charge in [-0.15, -0.1) is 0 Å². The fourth-order valence-corrected chi connectivity index (χ4v) is 3.34. The quantitative estimate of drug-likeness (QED) is 0.641. The molecular formula is C20H16F4N4O. The highest BCUT2D eigenvalue weighted by Crippen LogP contribution is 2.29. The van der Waals surface area contributed by atoms with Crippen LogP contribution in [-0.2, 0) is 13.1 Å². The first kappa shape index (κ1) is 19.0. The van der Waals surface area contributed by atoms with Gasteiger partial charge in [-0.25, -0.2) is 27.3 Å². The van der Waals surface area contributed by atoms with Gasteiger partial charge in [0.2, 0.25) is 0 Å². The summed E-state index contributed by atoms with van der Waals surface area (Å²) in [4.78, 5) is 18.3. The van der Waals surface area contributed by atoms with Crippen molar-refractivity contribution < 1.29 is 22.4 Å². The van der Waals surface area contributed by atoms with E-state index in [1.54, 1.807) is 10.9 Å². The maximum Gasteiger partial charge on any atom is 0.322 e. The molecule has 0 saturated carbocycles. The maximum absolute atomic E-state index is 14.2. The second-order valence-electron chi connectivity index (χ2n) is 6.80. The summed E-state index contributed by atoms with van der Waals surface area (Å²) < 4.78 is 56.2. The van der Waals surface area contributed by atoms with Gasteiger partial charge < -0.3 is 14.8 Å². The van der Waals surface area contributed by atoms with E-state index >= 15 is 0 Å². The SMILES string of the molecule is Cc1cc(NC(=O)N2CCn3cnc(-c4ccc(F)cc4F)c3C2)cc(F)c1F. The molecular weight excluding hydrogens is 388 g/mol. The molecule has 2 heterocycles. The lowest BCUT2D eigenvalue weighted by molar-refractivity contribution is 0.197. The van der Waals surface area contributed by atoms with Crippen molar-refractivity contribution in [1.82, 2.24) is 14.5 Å². The smallest absolute Gasteiger partial charge is 0.322 e. The van der Waals surface area contributed by atoms with Gasteiger partial charge in [0.05, 0.1) is 24.3 Å². The molecule has 0 atom stereocenters. The fourth-order valence-electron chi connectivity index (χ4n) is 3.34. The zero-order chi connectivity index (χ0) is 20.7. The Balaban J connectivity index is 1.57. The molecule has 0 spiro atoms. The fraction of sp³-hybridized carbons (Fsp3) is 0.200. The molecule has 150 valence electrons. The Kier molecular flexibility index (Phi) is 4.73. The number of halogens is 4. The second-order valence-corrected chi connectivity index (χ2v) is 6.80. The van der Waals surface area contributed by atoms with Crippen LogP contribution in [-0.4, -0.2) is 27.0 Å². The second kappa shape index (κ2) is 7.23. The molecule has 2 amide bonds. The predicted octanol–water partition coefficient (Wildman–Crippen LogP) is 4.46. The third-order valence-electron chi connectivity index (χ3n) is 4.83. The Morgan fingerprint density at radius 1 is 1.07 bits per heavy atom. The van der Waals surface area contributed by atoms with Crippen LogP contribution in [0, 0.1) is 30.2 Å². The van der Waals surface area contributed by atoms with Crippen LogP contribution in [0.25, 0.3) is 11.3 Å². The van der Waals surface area contributed by atoms with E-state index in [1.165, 1.54) is 24.0 Å². The van der Waals surface area contributed by atoms with Gasteiger partial charge in [-0.05, 0) is 30.7 Å². The number of amides is 2. The highest BCUT2D eigenvalue weighted by atomic mass is 19.2. The zero-order valence-electron chi connectivity index (χ0n) is 15.3. The van der Waals surface area contributed by atoms with Gasteiger partial charge in [0.25, 0.3) is 0 Å². The number of carbonyl (C=O) groups excluding carboxylic acids is 1. The predicted molar refractivity (Wildman–Crippen MR) is 98.1 cm³/mol. The van der Waals surface area contributed by atoms with E-state index in [9.17, 15) is 22.4 Å². The number of rotatable bonds is 2. The number of carbonyl (C=O) groups is 1. The van der Waals surface area contributed by atoms with Crippen LogP contribution < -0.4 is 5.32 Å². The van der Waals surface area contributed by atoms with Crippen LogP contribution in [0.15, 0.2) is 36.7 Å². The van der Waals surface area contributed by atoms with E-state index in [-0.39, 0.29) is 23.4 Å². The molecule has 1 aliphatic heterocycles. The number of benzene rings is 2. The number of imidazole rings is 1. The van der Waals surface area contributed by atoms with Crippen LogP contribution in [0.4, 0.5) is 28.0 Å². The Hall–Kier alpha value is -3.36. The number of nitrogens with one attached hydrogen (secondary N) is 1. The summed E-state index contributed by atoms with van der Waals surface area (Å²) in [5, 5.41) is 2.55. The lowest BCUT2D eigenvalue weighted by atomic mass is 10.1. The van der Waals surface area contributed by atoms with E-state index in [1.807, 2.05) is 0 Å². The first-order valence-electron chi connectivity index (χ1n) is 8.84. The van der Waals surface area contributed by atoms with Gasteiger partial charge in [-0.2, -0.15) is 0 Å². The van der Waals surface area contributed by atoms with Crippen LogP contribution in [0.3, 0.4) is 0 Å². The molecule has 1 N–H and O–H groups in total. The average Bonchev–Trinajstić information content (AvgIpc) is 3.09. The van der Waals surface area contributed by atoms with Gasteiger partial charge >= 0.3 is 6.03 Å². The molecule has 0 aliphatic carbocycles. The molecule has 1 aliphatic rings. The van der Waals surface area contributed by atoms with E-state index in [0.29, 0.717) is 24.5 Å². The van der Waals surface area contributed by atoms with Crippen molar-refractivity contribution in [3.8, 4) is 11.3 Å². The van der Waals surface area contributed by atoms with E-state index in [2.05, 4.69) is 10.3 Å². The van der Waals surface area contributed by atoms with Crippen molar-refractivity contribution in [2.75, 3.05) is 11.9 Å². The van der Waals surface area contributed by atoms with Gasteiger partial charge in [0, 0.05) is 36.5 Å². The standard InChI is InChI=1S/C20H16F4N4O/c1-11-6-13(8-16(23)18(11)24)26-20(29)27-4-5-28-10-25-19(17(28)9-27)14-3-2-12(21)7-15(14)22/h2-3,6-8,10H,4-5,9H2,1H3,(H,26,29). The Morgan fingerprint density at radius 3 is 2.59 bits per heavy atom. The van der Waals surface area contributed by atoms with Crippen molar-refractivity contribution in [3.05, 3.63) is 71.2 Å². The minimum absolute atomic E-state index is 0.0751. The highest BCUT2D eigenvalue weighted by molar-refractivity contribution is 5.89. The molecule has 0 unspecified atom stereocenters. The Morgan fingerprint density at radius 2 is 1.86 bits per heavy atom. The molecule has 4 rings (SSSR count). The summed E-state index contributed by atoms with van der Waals surface area (Å²) in [6, 6.07) is 4.96. The van der Waals surface area contributed by atoms with Gasteiger partial charge in [-0.1, -0.05) is 0 Å². The minimum Gasteiger partial charge on any atom is -0.331 e. The number of hydrogen-bond acceptors (Lipinski definition) is 2. The Labute approximate surface area is 163 Å². The van der Waals surface area contributed by atoms with Gasteiger partial charge in [-0.3, -0.25) is 0 Å². The summed E-state index contributed by atoms with van der Waals surface area (Å²) in [6.45, 7) is 2.30. The number of anilines is 1. The first-order chi connectivity index (χ1) is 13.8. The Bertz CT molecular complexity index is 1090. The van der Waals surface area contributed by atoms with Gasteiger partial charge in [0.15, 0.2) is 11.6 Å². The van der Waals surface area contributed by atoms with Crippen LogP contribution in [0.2, 0.25) is 0 Å². The molecule has 3 aromatic rings. The number of nitrogens with zero attached hydrogens (tertiary/aromatic N) is 3. The van der Waals surface area contributed by atoms with Crippen molar-refractivity contribution in [2.24, 2.45) is 0 Å². The summed E-state index contributed by atoms with van der Waals surface area (Å²) in [5.41, 5.74) is 1.27. The van der Waals surface area contributed by atoms with E-state index in [4.69, 9.17) is 0 Å². The minimum atomic E-state index is -1.05. The number of urea groups is 1. The summed E-state index contributed by atoms with van der Waals surface area (Å²) in [6.07, 6.45) is 1.54. The average molecular weight is 404 g/mol. The number of aromatic nitrogens is 2. The van der Waals surface area contributed by atoms with Crippen molar-refractivity contribution in [2.45, 2.75) is 20.0 Å². The molecule has 2 aromatic carbocycles. The number of hydrogen-bond donors (Lipinski definition) is 1. The number of fused-ring (bicyclic) bond motifs is 1. The summed E-state index contributed by atoms with van der Waals surface area (Å²) >= 11 is 0. The van der Waals surface area contributed by atoms with Crippen LogP contribution in [0.5, 0.6) is 0 Å². The van der Waals surface area contributed by atoms with Crippen molar-refractivity contribution >= 4 is 11.7 Å².